The van der Waals surface area contributed by atoms with Gasteiger partial charge >= 0.3 is 0 Å². The van der Waals surface area contributed by atoms with Crippen molar-refractivity contribution in [3.63, 3.8) is 0 Å². The summed E-state index contributed by atoms with van der Waals surface area (Å²) in [5.74, 6) is 0. The summed E-state index contributed by atoms with van der Waals surface area (Å²) in [6, 6.07) is 0. The monoisotopic (exact) mass is 262 g/mol. The molecule has 0 aromatic heterocycles. The van der Waals surface area contributed by atoms with Crippen LogP contribution in [0.4, 0.5) is 0 Å². The van der Waals surface area contributed by atoms with Gasteiger partial charge in [-0.3, -0.25) is 0 Å². The molecule has 0 nitrogen and oxygen atoms in total. The van der Waals surface area contributed by atoms with Crippen LogP contribution >= 0.6 is 15.9 Å². The summed E-state index contributed by atoms with van der Waals surface area (Å²) in [6.07, 6.45) is 5.36. The molecule has 0 radical (unpaired) electrons. The van der Waals surface area contributed by atoms with Crippen molar-refractivity contribution < 1.29 is 0 Å². The van der Waals surface area contributed by atoms with Gasteiger partial charge in [0, 0.05) is 4.83 Å². The van der Waals surface area contributed by atoms with E-state index >= 15 is 0 Å². The fourth-order valence-corrected chi connectivity index (χ4v) is 1.74. The zero-order chi connectivity index (χ0) is 11.4. The van der Waals surface area contributed by atoms with Crippen molar-refractivity contribution in [2.24, 2.45) is 10.8 Å². The van der Waals surface area contributed by atoms with E-state index in [2.05, 4.69) is 57.5 Å². The molecule has 0 saturated heterocycles. The van der Waals surface area contributed by atoms with E-state index in [-0.39, 0.29) is 0 Å². The second-order valence-corrected chi connectivity index (χ2v) is 7.75. The van der Waals surface area contributed by atoms with Gasteiger partial charge < -0.3 is 0 Å². The Labute approximate surface area is 99.0 Å². The molecule has 0 bridgehead atoms. The van der Waals surface area contributed by atoms with Crippen molar-refractivity contribution in [2.45, 2.75) is 72.1 Å². The van der Waals surface area contributed by atoms with Gasteiger partial charge in [-0.05, 0) is 23.7 Å². The first-order valence-electron chi connectivity index (χ1n) is 5.77. The third-order valence-electron chi connectivity index (χ3n) is 2.57. The molecule has 0 heterocycles. The molecule has 0 aromatic carbocycles. The van der Waals surface area contributed by atoms with E-state index in [1.807, 2.05) is 0 Å². The number of alkyl halides is 1. The van der Waals surface area contributed by atoms with E-state index in [1.165, 1.54) is 25.7 Å². The molecular formula is C13H27Br. The van der Waals surface area contributed by atoms with Gasteiger partial charge in [0.15, 0.2) is 0 Å². The Balaban J connectivity index is 3.56. The molecule has 1 heteroatoms. The van der Waals surface area contributed by atoms with Crippen molar-refractivity contribution in [3.05, 3.63) is 0 Å². The summed E-state index contributed by atoms with van der Waals surface area (Å²) >= 11 is 3.78. The number of hydrogen-bond acceptors (Lipinski definition) is 0. The summed E-state index contributed by atoms with van der Waals surface area (Å²) in [6.45, 7) is 13.9. The molecular weight excluding hydrogens is 236 g/mol. The molecule has 1 unspecified atom stereocenters. The summed E-state index contributed by atoms with van der Waals surface area (Å²) < 4.78 is 0. The van der Waals surface area contributed by atoms with Gasteiger partial charge in [0.1, 0.15) is 0 Å². The van der Waals surface area contributed by atoms with Crippen LogP contribution in [-0.2, 0) is 0 Å². The quantitative estimate of drug-likeness (QED) is 0.470. The molecule has 0 aromatic rings. The van der Waals surface area contributed by atoms with Crippen molar-refractivity contribution in [1.82, 2.24) is 0 Å². The van der Waals surface area contributed by atoms with E-state index in [0.717, 1.165) is 0 Å². The topological polar surface area (TPSA) is 0 Å². The summed E-state index contributed by atoms with van der Waals surface area (Å²) in [7, 11) is 0. The third-order valence-corrected chi connectivity index (χ3v) is 4.41. The van der Waals surface area contributed by atoms with Crippen molar-refractivity contribution in [1.29, 1.82) is 0 Å². The minimum absolute atomic E-state index is 0.404. The fourth-order valence-electron chi connectivity index (χ4n) is 1.41. The Kier molecular flexibility index (Phi) is 5.72. The lowest BCUT2D eigenvalue weighted by molar-refractivity contribution is 0.339. The van der Waals surface area contributed by atoms with E-state index in [9.17, 15) is 0 Å². The molecule has 14 heavy (non-hydrogen) atoms. The van der Waals surface area contributed by atoms with Crippen LogP contribution in [0.2, 0.25) is 0 Å². The van der Waals surface area contributed by atoms with Crippen molar-refractivity contribution in [2.75, 3.05) is 0 Å². The highest BCUT2D eigenvalue weighted by atomic mass is 79.9. The van der Waals surface area contributed by atoms with Gasteiger partial charge in [-0.15, -0.1) is 0 Å². The van der Waals surface area contributed by atoms with E-state index in [0.29, 0.717) is 15.7 Å². The van der Waals surface area contributed by atoms with Crippen LogP contribution in [0, 0.1) is 10.8 Å². The smallest absolute Gasteiger partial charge is 0.0194 e. The predicted octanol–water partition coefficient (Wildman–Crippen LogP) is 5.40. The Morgan fingerprint density at radius 3 is 1.79 bits per heavy atom. The molecule has 0 saturated carbocycles. The van der Waals surface area contributed by atoms with Gasteiger partial charge in [-0.25, -0.2) is 0 Å². The van der Waals surface area contributed by atoms with Gasteiger partial charge in [0.25, 0.3) is 0 Å². The number of halogens is 1. The van der Waals surface area contributed by atoms with Gasteiger partial charge in [0.05, 0.1) is 0 Å². The molecule has 0 N–H and O–H groups in total. The maximum absolute atomic E-state index is 3.78. The molecule has 0 fully saturated rings. The van der Waals surface area contributed by atoms with Crippen LogP contribution in [0.15, 0.2) is 0 Å². The van der Waals surface area contributed by atoms with Crippen molar-refractivity contribution in [3.8, 4) is 0 Å². The number of hydrogen-bond donors (Lipinski definition) is 0. The number of rotatable bonds is 4. The SMILES string of the molecule is CC(C)(C)CCCCC(Br)C(C)(C)C. The molecule has 0 amide bonds. The normalized spacial score (nSPS) is 15.6. The van der Waals surface area contributed by atoms with Gasteiger partial charge in [-0.1, -0.05) is 70.3 Å². The highest BCUT2D eigenvalue weighted by Crippen LogP contribution is 2.31. The fraction of sp³-hybridized carbons (Fsp3) is 1.00. The Morgan fingerprint density at radius 2 is 1.43 bits per heavy atom. The standard InChI is InChI=1S/C13H27Br/c1-12(2,3)10-8-7-9-11(14)13(4,5)6/h11H,7-10H2,1-6H3. The largest absolute Gasteiger partial charge is 0.0885 e. The molecule has 1 atom stereocenters. The molecule has 0 rings (SSSR count). The Morgan fingerprint density at radius 1 is 0.929 bits per heavy atom. The van der Waals surface area contributed by atoms with Crippen LogP contribution in [0.25, 0.3) is 0 Å². The molecule has 0 aliphatic heterocycles. The zero-order valence-corrected chi connectivity index (χ0v) is 12.4. The third kappa shape index (κ3) is 7.84. The number of unbranched alkanes of at least 4 members (excludes halogenated alkanes) is 1. The van der Waals surface area contributed by atoms with Gasteiger partial charge in [-0.2, -0.15) is 0 Å². The molecule has 0 aliphatic rings. The lowest BCUT2D eigenvalue weighted by Gasteiger charge is -2.26. The highest BCUT2D eigenvalue weighted by Gasteiger charge is 2.21. The Bertz CT molecular complexity index is 148. The van der Waals surface area contributed by atoms with E-state index < -0.39 is 0 Å². The van der Waals surface area contributed by atoms with Crippen LogP contribution in [0.3, 0.4) is 0 Å². The van der Waals surface area contributed by atoms with Gasteiger partial charge in [0.2, 0.25) is 0 Å². The lowest BCUT2D eigenvalue weighted by atomic mass is 9.86. The highest BCUT2D eigenvalue weighted by molar-refractivity contribution is 9.09. The van der Waals surface area contributed by atoms with Crippen LogP contribution in [-0.4, -0.2) is 4.83 Å². The first kappa shape index (κ1) is 14.5. The zero-order valence-electron chi connectivity index (χ0n) is 10.8. The second kappa shape index (κ2) is 5.53. The van der Waals surface area contributed by atoms with E-state index in [1.54, 1.807) is 0 Å². The second-order valence-electron chi connectivity index (χ2n) is 6.64. The summed E-state index contributed by atoms with van der Waals surface area (Å²) in [5.41, 5.74) is 0.908. The molecule has 86 valence electrons. The van der Waals surface area contributed by atoms with Crippen LogP contribution < -0.4 is 0 Å². The van der Waals surface area contributed by atoms with Crippen molar-refractivity contribution >= 4 is 15.9 Å². The maximum Gasteiger partial charge on any atom is 0.0194 e. The van der Waals surface area contributed by atoms with Crippen LogP contribution in [0.5, 0.6) is 0 Å². The maximum atomic E-state index is 3.78. The van der Waals surface area contributed by atoms with Crippen LogP contribution in [0.1, 0.15) is 67.2 Å². The minimum Gasteiger partial charge on any atom is -0.0885 e. The summed E-state index contributed by atoms with van der Waals surface area (Å²) in [5, 5.41) is 0. The average Bonchev–Trinajstić information content (AvgIpc) is 1.93. The predicted molar refractivity (Wildman–Crippen MR) is 70.1 cm³/mol. The average molecular weight is 263 g/mol. The molecule has 0 spiro atoms. The lowest BCUT2D eigenvalue weighted by Crippen LogP contribution is -2.20. The van der Waals surface area contributed by atoms with E-state index in [4.69, 9.17) is 0 Å². The first-order chi connectivity index (χ1) is 6.13. The molecule has 0 aliphatic carbocycles. The Hall–Kier alpha value is 0.480. The first-order valence-corrected chi connectivity index (χ1v) is 6.68. The minimum atomic E-state index is 0.404. The summed E-state index contributed by atoms with van der Waals surface area (Å²) in [4.78, 5) is 0.662.